The molecule has 7 heteroatoms. The van der Waals surface area contributed by atoms with Crippen molar-refractivity contribution in [2.45, 2.75) is 26.8 Å². The summed E-state index contributed by atoms with van der Waals surface area (Å²) in [6.45, 7) is 7.64. The molecule has 1 unspecified atom stereocenters. The van der Waals surface area contributed by atoms with Gasteiger partial charge < -0.3 is 15.5 Å². The summed E-state index contributed by atoms with van der Waals surface area (Å²) in [6, 6.07) is 8.86. The second-order valence-electron chi connectivity index (χ2n) is 7.21. The molecule has 0 saturated carbocycles. The fourth-order valence-corrected chi connectivity index (χ4v) is 3.35. The van der Waals surface area contributed by atoms with Gasteiger partial charge in [0.05, 0.1) is 11.3 Å². The van der Waals surface area contributed by atoms with Crippen LogP contribution in [-0.2, 0) is 4.79 Å². The number of rotatable bonds is 4. The van der Waals surface area contributed by atoms with Gasteiger partial charge in [-0.1, -0.05) is 44.2 Å². The minimum absolute atomic E-state index is 0.0269. The number of hydrogen-bond acceptors (Lipinski definition) is 5. The molecule has 0 spiro atoms. The van der Waals surface area contributed by atoms with Crippen molar-refractivity contribution in [1.29, 1.82) is 0 Å². The Bertz CT molecular complexity index is 838. The van der Waals surface area contributed by atoms with E-state index in [0.717, 1.165) is 5.56 Å². The molecular formula is C20H25N5O2. The molecule has 1 aromatic heterocycles. The van der Waals surface area contributed by atoms with Gasteiger partial charge in [0.1, 0.15) is 6.04 Å². The summed E-state index contributed by atoms with van der Waals surface area (Å²) in [6.07, 6.45) is 1.45. The van der Waals surface area contributed by atoms with Gasteiger partial charge in [0.2, 0.25) is 11.9 Å². The average molecular weight is 367 g/mol. The lowest BCUT2D eigenvalue weighted by molar-refractivity contribution is -0.140. The Morgan fingerprint density at radius 2 is 1.96 bits per heavy atom. The van der Waals surface area contributed by atoms with Crippen LogP contribution in [0, 0.1) is 5.92 Å². The number of amides is 2. The molecule has 0 bridgehead atoms. The van der Waals surface area contributed by atoms with Gasteiger partial charge in [0.25, 0.3) is 5.91 Å². The maximum atomic E-state index is 13.2. The highest BCUT2D eigenvalue weighted by Crippen LogP contribution is 2.25. The van der Waals surface area contributed by atoms with Crippen molar-refractivity contribution >= 4 is 17.8 Å². The third kappa shape index (κ3) is 3.92. The fraction of sp³-hybridized carbons (Fsp3) is 0.400. The van der Waals surface area contributed by atoms with Crippen LogP contribution < -0.4 is 5.73 Å². The quantitative estimate of drug-likeness (QED) is 0.893. The molecule has 0 aliphatic carbocycles. The first-order chi connectivity index (χ1) is 12.9. The topological polar surface area (TPSA) is 92.4 Å². The zero-order chi connectivity index (χ0) is 19.6. The van der Waals surface area contributed by atoms with Gasteiger partial charge in [-0.2, -0.15) is 0 Å². The number of nitrogens with zero attached hydrogens (tertiary/aromatic N) is 4. The van der Waals surface area contributed by atoms with E-state index in [0.29, 0.717) is 36.8 Å². The third-order valence-electron chi connectivity index (χ3n) is 4.68. The number of carbonyl (C=O) groups is 2. The van der Waals surface area contributed by atoms with Gasteiger partial charge >= 0.3 is 0 Å². The van der Waals surface area contributed by atoms with Crippen LogP contribution in [-0.4, -0.2) is 57.3 Å². The van der Waals surface area contributed by atoms with E-state index in [2.05, 4.69) is 23.8 Å². The highest BCUT2D eigenvalue weighted by molar-refractivity contribution is 6.02. The third-order valence-corrected chi connectivity index (χ3v) is 4.68. The smallest absolute Gasteiger partial charge is 0.258 e. The molecule has 2 aromatic rings. The van der Waals surface area contributed by atoms with E-state index in [4.69, 9.17) is 5.73 Å². The predicted molar refractivity (Wildman–Crippen MR) is 104 cm³/mol. The first kappa shape index (κ1) is 18.8. The number of carbonyl (C=O) groups excluding carboxylic acids is 2. The molecule has 1 aliphatic heterocycles. The molecular weight excluding hydrogens is 342 g/mol. The molecule has 1 saturated heterocycles. The Morgan fingerprint density at radius 1 is 1.26 bits per heavy atom. The van der Waals surface area contributed by atoms with Crippen molar-refractivity contribution in [2.24, 2.45) is 5.92 Å². The summed E-state index contributed by atoms with van der Waals surface area (Å²) in [5, 5.41) is 0. The fourth-order valence-electron chi connectivity index (χ4n) is 3.35. The molecule has 1 fully saturated rings. The highest BCUT2D eigenvalue weighted by atomic mass is 16.2. The number of nitrogen functional groups attached to an aromatic ring is 1. The Morgan fingerprint density at radius 3 is 2.63 bits per heavy atom. The van der Waals surface area contributed by atoms with Crippen molar-refractivity contribution in [2.75, 3.05) is 25.4 Å². The minimum atomic E-state index is -0.522. The standard InChI is InChI=1S/C20H25N5O2/c1-13(2)12-24-9-10-25(14(3)18(24)26)19(27)16-11-22-20(21)23-17(16)15-7-5-4-6-8-15/h4-8,11,13-14H,9-10,12H2,1-3H3,(H2,21,22,23). The maximum Gasteiger partial charge on any atom is 0.258 e. The van der Waals surface area contributed by atoms with Gasteiger partial charge in [-0.15, -0.1) is 0 Å². The molecule has 1 aromatic carbocycles. The molecule has 7 nitrogen and oxygen atoms in total. The van der Waals surface area contributed by atoms with Crippen molar-refractivity contribution < 1.29 is 9.59 Å². The maximum absolute atomic E-state index is 13.2. The molecule has 2 heterocycles. The molecule has 0 radical (unpaired) electrons. The van der Waals surface area contributed by atoms with E-state index < -0.39 is 6.04 Å². The first-order valence-electron chi connectivity index (χ1n) is 9.16. The van der Waals surface area contributed by atoms with Crippen molar-refractivity contribution in [3.63, 3.8) is 0 Å². The molecule has 142 valence electrons. The number of benzene rings is 1. The van der Waals surface area contributed by atoms with Crippen LogP contribution in [0.25, 0.3) is 11.3 Å². The molecule has 3 rings (SSSR count). The van der Waals surface area contributed by atoms with Gasteiger partial charge in [0, 0.05) is 31.4 Å². The number of anilines is 1. The lowest BCUT2D eigenvalue weighted by Gasteiger charge is -2.40. The summed E-state index contributed by atoms with van der Waals surface area (Å²) in [5.41, 5.74) is 7.37. The molecule has 1 atom stereocenters. The lowest BCUT2D eigenvalue weighted by Crippen LogP contribution is -2.58. The highest BCUT2D eigenvalue weighted by Gasteiger charge is 2.35. The monoisotopic (exact) mass is 367 g/mol. The van der Waals surface area contributed by atoms with Crippen LogP contribution >= 0.6 is 0 Å². The second kappa shape index (κ2) is 7.73. The van der Waals surface area contributed by atoms with E-state index in [1.807, 2.05) is 35.2 Å². The Kier molecular flexibility index (Phi) is 5.39. The van der Waals surface area contributed by atoms with Gasteiger partial charge in [-0.3, -0.25) is 9.59 Å². The Balaban J connectivity index is 1.90. The number of piperazine rings is 1. The van der Waals surface area contributed by atoms with Crippen LogP contribution in [0.1, 0.15) is 31.1 Å². The largest absolute Gasteiger partial charge is 0.368 e. The van der Waals surface area contributed by atoms with Gasteiger partial charge in [-0.05, 0) is 12.8 Å². The zero-order valence-corrected chi connectivity index (χ0v) is 15.9. The summed E-state index contributed by atoms with van der Waals surface area (Å²) in [4.78, 5) is 37.6. The van der Waals surface area contributed by atoms with Crippen molar-refractivity contribution in [1.82, 2.24) is 19.8 Å². The second-order valence-corrected chi connectivity index (χ2v) is 7.21. The SMILES string of the molecule is CC(C)CN1CCN(C(=O)c2cnc(N)nc2-c2ccccc2)C(C)C1=O. The van der Waals surface area contributed by atoms with Crippen LogP contribution in [0.5, 0.6) is 0 Å². The minimum Gasteiger partial charge on any atom is -0.368 e. The van der Waals surface area contributed by atoms with Crippen LogP contribution in [0.15, 0.2) is 36.5 Å². The summed E-state index contributed by atoms with van der Waals surface area (Å²) in [5.74, 6) is 0.217. The van der Waals surface area contributed by atoms with E-state index in [1.165, 1.54) is 6.20 Å². The van der Waals surface area contributed by atoms with E-state index >= 15 is 0 Å². The van der Waals surface area contributed by atoms with E-state index in [9.17, 15) is 9.59 Å². The van der Waals surface area contributed by atoms with Crippen LogP contribution in [0.2, 0.25) is 0 Å². The Labute approximate surface area is 159 Å². The normalized spacial score (nSPS) is 17.5. The number of nitrogens with two attached hydrogens (primary N) is 1. The van der Waals surface area contributed by atoms with Gasteiger partial charge in [-0.25, -0.2) is 9.97 Å². The number of hydrogen-bond donors (Lipinski definition) is 1. The molecule has 2 amide bonds. The summed E-state index contributed by atoms with van der Waals surface area (Å²) >= 11 is 0. The molecule has 27 heavy (non-hydrogen) atoms. The predicted octanol–water partition coefficient (Wildman–Crippen LogP) is 2.05. The van der Waals surface area contributed by atoms with Crippen molar-refractivity contribution in [3.05, 3.63) is 42.1 Å². The first-order valence-corrected chi connectivity index (χ1v) is 9.16. The zero-order valence-electron chi connectivity index (χ0n) is 15.9. The lowest BCUT2D eigenvalue weighted by atomic mass is 10.0. The molecule has 2 N–H and O–H groups in total. The molecule has 1 aliphatic rings. The van der Waals surface area contributed by atoms with Crippen molar-refractivity contribution in [3.8, 4) is 11.3 Å². The van der Waals surface area contributed by atoms with E-state index in [1.54, 1.807) is 11.8 Å². The Hall–Kier alpha value is -2.96. The number of aromatic nitrogens is 2. The van der Waals surface area contributed by atoms with Crippen LogP contribution in [0.3, 0.4) is 0 Å². The average Bonchev–Trinajstić information content (AvgIpc) is 2.65. The van der Waals surface area contributed by atoms with E-state index in [-0.39, 0.29) is 17.8 Å². The summed E-state index contributed by atoms with van der Waals surface area (Å²) < 4.78 is 0. The van der Waals surface area contributed by atoms with Gasteiger partial charge in [0.15, 0.2) is 0 Å². The van der Waals surface area contributed by atoms with Crippen LogP contribution in [0.4, 0.5) is 5.95 Å². The summed E-state index contributed by atoms with van der Waals surface area (Å²) in [7, 11) is 0.